The summed E-state index contributed by atoms with van der Waals surface area (Å²) in [5.74, 6) is 2.17. The van der Waals surface area contributed by atoms with Gasteiger partial charge < -0.3 is 10.6 Å². The highest BCUT2D eigenvalue weighted by Gasteiger charge is 2.21. The zero-order valence-electron chi connectivity index (χ0n) is 7.91. The van der Waals surface area contributed by atoms with Crippen molar-refractivity contribution in [3.63, 3.8) is 0 Å². The third-order valence-electron chi connectivity index (χ3n) is 2.32. The van der Waals surface area contributed by atoms with Gasteiger partial charge in [-0.15, -0.1) is 12.4 Å². The third kappa shape index (κ3) is 2.90. The minimum atomic E-state index is 0. The van der Waals surface area contributed by atoms with Crippen LogP contribution >= 0.6 is 24.2 Å². The molecule has 2 heterocycles. The summed E-state index contributed by atoms with van der Waals surface area (Å²) in [6.07, 6.45) is 3.11. The number of allylic oxidation sites excluding steroid dienone is 1. The second-order valence-corrected chi connectivity index (χ2v) is 4.50. The summed E-state index contributed by atoms with van der Waals surface area (Å²) in [6, 6.07) is 0.361. The van der Waals surface area contributed by atoms with E-state index in [0.29, 0.717) is 6.04 Å². The van der Waals surface area contributed by atoms with Gasteiger partial charge >= 0.3 is 0 Å². The van der Waals surface area contributed by atoms with Crippen molar-refractivity contribution in [3.8, 4) is 0 Å². The Hall–Kier alpha value is -0.190. The summed E-state index contributed by atoms with van der Waals surface area (Å²) in [5, 5.41) is 6.13. The highest BCUT2D eigenvalue weighted by molar-refractivity contribution is 7.99. The van der Waals surface area contributed by atoms with Crippen molar-refractivity contribution in [2.45, 2.75) is 12.5 Å². The van der Waals surface area contributed by atoms with E-state index in [1.807, 2.05) is 11.8 Å². The molecule has 1 saturated heterocycles. The lowest BCUT2D eigenvalue weighted by Crippen LogP contribution is -2.57. The monoisotopic (exact) mass is 234 g/mol. The van der Waals surface area contributed by atoms with Crippen LogP contribution in [-0.4, -0.2) is 36.5 Å². The Bertz CT molecular complexity index is 241. The van der Waals surface area contributed by atoms with Crippen molar-refractivity contribution in [1.29, 1.82) is 0 Å². The lowest BCUT2D eigenvalue weighted by molar-refractivity contribution is -0.118. The topological polar surface area (TPSA) is 41.1 Å². The van der Waals surface area contributed by atoms with Crippen LogP contribution in [0.3, 0.4) is 0 Å². The van der Waals surface area contributed by atoms with Crippen molar-refractivity contribution in [2.75, 3.05) is 24.6 Å². The summed E-state index contributed by atoms with van der Waals surface area (Å²) in [4.78, 5) is 11.6. The normalized spacial score (nSPS) is 21.6. The molecule has 5 heteroatoms. The molecular formula is C9H15ClN2OS. The SMILES string of the molecule is Cl.O=C(NC1CNC1)C1=CCCSC1. The number of carbonyl (C=O) groups excluding carboxylic acids is 1. The van der Waals surface area contributed by atoms with Crippen LogP contribution < -0.4 is 10.6 Å². The predicted molar refractivity (Wildman–Crippen MR) is 62.1 cm³/mol. The van der Waals surface area contributed by atoms with E-state index in [2.05, 4.69) is 16.7 Å². The summed E-state index contributed by atoms with van der Waals surface area (Å²) in [5.41, 5.74) is 0.961. The summed E-state index contributed by atoms with van der Waals surface area (Å²) in [6.45, 7) is 1.85. The molecule has 2 aliphatic heterocycles. The predicted octanol–water partition coefficient (Wildman–Crippen LogP) is 0.559. The lowest BCUT2D eigenvalue weighted by Gasteiger charge is -2.28. The first-order valence-electron chi connectivity index (χ1n) is 4.64. The van der Waals surface area contributed by atoms with Crippen molar-refractivity contribution in [3.05, 3.63) is 11.6 Å². The van der Waals surface area contributed by atoms with Crippen LogP contribution in [0.1, 0.15) is 6.42 Å². The van der Waals surface area contributed by atoms with E-state index in [4.69, 9.17) is 0 Å². The highest BCUT2D eigenvalue weighted by atomic mass is 35.5. The smallest absolute Gasteiger partial charge is 0.248 e. The van der Waals surface area contributed by atoms with Crippen LogP contribution in [0.4, 0.5) is 0 Å². The molecule has 2 N–H and O–H groups in total. The molecule has 0 aromatic heterocycles. The Morgan fingerprint density at radius 3 is 2.86 bits per heavy atom. The summed E-state index contributed by atoms with van der Waals surface area (Å²) < 4.78 is 0. The fourth-order valence-corrected chi connectivity index (χ4v) is 2.28. The molecule has 1 fully saturated rings. The minimum Gasteiger partial charge on any atom is -0.347 e. The molecule has 0 bridgehead atoms. The number of rotatable bonds is 2. The molecule has 0 spiro atoms. The lowest BCUT2D eigenvalue weighted by atomic mass is 10.1. The first kappa shape index (κ1) is 11.9. The van der Waals surface area contributed by atoms with Crippen LogP contribution in [0.5, 0.6) is 0 Å². The number of hydrogen-bond donors (Lipinski definition) is 2. The van der Waals surface area contributed by atoms with Gasteiger partial charge in [-0.3, -0.25) is 4.79 Å². The molecule has 2 aliphatic rings. The third-order valence-corrected chi connectivity index (χ3v) is 3.36. The average Bonchev–Trinajstić information content (AvgIpc) is 2.12. The summed E-state index contributed by atoms with van der Waals surface area (Å²) >= 11 is 1.84. The molecule has 3 nitrogen and oxygen atoms in total. The molecule has 0 atom stereocenters. The second-order valence-electron chi connectivity index (χ2n) is 3.40. The maximum Gasteiger partial charge on any atom is 0.248 e. The molecule has 0 saturated carbocycles. The Morgan fingerprint density at radius 2 is 2.36 bits per heavy atom. The quantitative estimate of drug-likeness (QED) is 0.734. The van der Waals surface area contributed by atoms with Crippen LogP contribution in [0.25, 0.3) is 0 Å². The molecule has 80 valence electrons. The van der Waals surface area contributed by atoms with Crippen molar-refractivity contribution in [2.24, 2.45) is 0 Å². The van der Waals surface area contributed by atoms with Crippen LogP contribution in [0.15, 0.2) is 11.6 Å². The van der Waals surface area contributed by atoms with Gasteiger partial charge in [0.25, 0.3) is 0 Å². The molecule has 14 heavy (non-hydrogen) atoms. The molecular weight excluding hydrogens is 220 g/mol. The fourth-order valence-electron chi connectivity index (χ4n) is 1.38. The van der Waals surface area contributed by atoms with Gasteiger partial charge in [-0.1, -0.05) is 6.08 Å². The van der Waals surface area contributed by atoms with Gasteiger partial charge in [-0.2, -0.15) is 11.8 Å². The number of carbonyl (C=O) groups is 1. The van der Waals surface area contributed by atoms with E-state index in [-0.39, 0.29) is 18.3 Å². The van der Waals surface area contributed by atoms with Crippen molar-refractivity contribution >= 4 is 30.1 Å². The molecule has 0 radical (unpaired) electrons. The highest BCUT2D eigenvalue weighted by Crippen LogP contribution is 2.16. The number of hydrogen-bond acceptors (Lipinski definition) is 3. The van der Waals surface area contributed by atoms with E-state index in [1.165, 1.54) is 0 Å². The zero-order valence-corrected chi connectivity index (χ0v) is 9.55. The van der Waals surface area contributed by atoms with Gasteiger partial charge in [0.05, 0.1) is 6.04 Å². The Labute approximate surface area is 94.5 Å². The second kappa shape index (κ2) is 5.63. The van der Waals surface area contributed by atoms with Gasteiger partial charge in [0.2, 0.25) is 5.91 Å². The van der Waals surface area contributed by atoms with Crippen molar-refractivity contribution < 1.29 is 4.79 Å². The number of thioether (sulfide) groups is 1. The summed E-state index contributed by atoms with van der Waals surface area (Å²) in [7, 11) is 0. The van der Waals surface area contributed by atoms with E-state index in [0.717, 1.165) is 36.6 Å². The molecule has 0 aromatic carbocycles. The van der Waals surface area contributed by atoms with Crippen LogP contribution in [0, 0.1) is 0 Å². The van der Waals surface area contributed by atoms with Gasteiger partial charge in [0, 0.05) is 24.4 Å². The number of amides is 1. The average molecular weight is 235 g/mol. The van der Waals surface area contributed by atoms with Crippen molar-refractivity contribution in [1.82, 2.24) is 10.6 Å². The van der Waals surface area contributed by atoms with Gasteiger partial charge in [-0.25, -0.2) is 0 Å². The molecule has 0 aliphatic carbocycles. The maximum atomic E-state index is 11.6. The Balaban J connectivity index is 0.000000980. The first-order chi connectivity index (χ1) is 6.36. The van der Waals surface area contributed by atoms with Gasteiger partial charge in [0.15, 0.2) is 0 Å². The molecule has 0 aromatic rings. The largest absolute Gasteiger partial charge is 0.347 e. The molecule has 1 amide bonds. The number of halogens is 1. The fraction of sp³-hybridized carbons (Fsp3) is 0.667. The van der Waals surface area contributed by atoms with E-state index < -0.39 is 0 Å². The number of nitrogens with one attached hydrogen (secondary N) is 2. The Kier molecular flexibility index (Phi) is 4.78. The zero-order chi connectivity index (χ0) is 9.10. The van der Waals surface area contributed by atoms with Gasteiger partial charge in [-0.05, 0) is 12.2 Å². The van der Waals surface area contributed by atoms with E-state index in [1.54, 1.807) is 0 Å². The van der Waals surface area contributed by atoms with E-state index >= 15 is 0 Å². The first-order valence-corrected chi connectivity index (χ1v) is 5.80. The molecule has 0 unspecified atom stereocenters. The van der Waals surface area contributed by atoms with Crippen LogP contribution in [0.2, 0.25) is 0 Å². The van der Waals surface area contributed by atoms with E-state index in [9.17, 15) is 4.79 Å². The minimum absolute atomic E-state index is 0. The molecule has 2 rings (SSSR count). The van der Waals surface area contributed by atoms with Crippen LogP contribution in [-0.2, 0) is 4.79 Å². The maximum absolute atomic E-state index is 11.6. The Morgan fingerprint density at radius 1 is 1.57 bits per heavy atom. The standard InChI is InChI=1S/C9H14N2OS.ClH/c12-9(11-8-4-10-5-8)7-2-1-3-13-6-7;/h2,8,10H,1,3-6H2,(H,11,12);1H. The van der Waals surface area contributed by atoms with Gasteiger partial charge in [0.1, 0.15) is 0 Å².